The number of rotatable bonds is 4. The summed E-state index contributed by atoms with van der Waals surface area (Å²) in [5.41, 5.74) is 10.4. The summed E-state index contributed by atoms with van der Waals surface area (Å²) in [7, 11) is 0. The molecule has 0 aliphatic heterocycles. The molecule has 2 rings (SSSR count). The molecule has 0 saturated heterocycles. The van der Waals surface area contributed by atoms with Gasteiger partial charge in [0.25, 0.3) is 0 Å². The second-order valence-electron chi connectivity index (χ2n) is 5.33. The summed E-state index contributed by atoms with van der Waals surface area (Å²) in [4.78, 5) is 0. The number of nitrogens with two attached hydrogens (primary N) is 1. The zero-order chi connectivity index (χ0) is 14.7. The quantitative estimate of drug-likeness (QED) is 0.897. The first-order chi connectivity index (χ1) is 9.45. The van der Waals surface area contributed by atoms with E-state index in [1.165, 1.54) is 22.8 Å². The Morgan fingerprint density at radius 3 is 2.50 bits per heavy atom. The lowest BCUT2D eigenvalue weighted by Crippen LogP contribution is -2.26. The van der Waals surface area contributed by atoms with Crippen LogP contribution in [0.5, 0.6) is 0 Å². The SMILES string of the molecule is Cc1ccc(C)c(CC(N)Cc2cc(Cl)ccc2F)c1. The predicted molar refractivity (Wildman–Crippen MR) is 82.7 cm³/mol. The van der Waals surface area contributed by atoms with Gasteiger partial charge in [0.05, 0.1) is 0 Å². The van der Waals surface area contributed by atoms with Crippen LogP contribution >= 0.6 is 11.6 Å². The number of hydrogen-bond donors (Lipinski definition) is 1. The molecule has 20 heavy (non-hydrogen) atoms. The smallest absolute Gasteiger partial charge is 0.126 e. The van der Waals surface area contributed by atoms with Crippen molar-refractivity contribution in [3.05, 3.63) is 69.5 Å². The maximum absolute atomic E-state index is 13.7. The molecule has 0 radical (unpaired) electrons. The summed E-state index contributed by atoms with van der Waals surface area (Å²) in [6.45, 7) is 4.13. The molecule has 0 aromatic heterocycles. The average molecular weight is 292 g/mol. The molecule has 2 aromatic carbocycles. The zero-order valence-electron chi connectivity index (χ0n) is 11.8. The van der Waals surface area contributed by atoms with Gasteiger partial charge in [0, 0.05) is 11.1 Å². The lowest BCUT2D eigenvalue weighted by Gasteiger charge is -2.15. The minimum Gasteiger partial charge on any atom is -0.327 e. The lowest BCUT2D eigenvalue weighted by molar-refractivity contribution is 0.583. The Morgan fingerprint density at radius 1 is 1.05 bits per heavy atom. The van der Waals surface area contributed by atoms with Crippen LogP contribution in [0.1, 0.15) is 22.3 Å². The van der Waals surface area contributed by atoms with Gasteiger partial charge in [-0.05, 0) is 61.6 Å². The molecule has 2 N–H and O–H groups in total. The summed E-state index contributed by atoms with van der Waals surface area (Å²) in [5.74, 6) is -0.245. The van der Waals surface area contributed by atoms with Gasteiger partial charge in [0.1, 0.15) is 5.82 Å². The zero-order valence-corrected chi connectivity index (χ0v) is 12.5. The Balaban J connectivity index is 2.10. The standard InChI is InChI=1S/C17H19ClFN/c1-11-3-4-12(2)13(7-11)9-16(20)10-14-8-15(18)5-6-17(14)19/h3-8,16H,9-10,20H2,1-2H3. The summed E-state index contributed by atoms with van der Waals surface area (Å²) in [5, 5.41) is 0.542. The van der Waals surface area contributed by atoms with E-state index in [1.807, 2.05) is 0 Å². The highest BCUT2D eigenvalue weighted by atomic mass is 35.5. The molecule has 0 amide bonds. The fraction of sp³-hybridized carbons (Fsp3) is 0.294. The van der Waals surface area contributed by atoms with E-state index in [4.69, 9.17) is 17.3 Å². The van der Waals surface area contributed by atoms with Crippen LogP contribution in [0.3, 0.4) is 0 Å². The van der Waals surface area contributed by atoms with Crippen LogP contribution in [0.2, 0.25) is 5.02 Å². The molecule has 2 aromatic rings. The maximum Gasteiger partial charge on any atom is 0.126 e. The van der Waals surface area contributed by atoms with E-state index in [9.17, 15) is 4.39 Å². The predicted octanol–water partition coefficient (Wildman–Crippen LogP) is 4.21. The van der Waals surface area contributed by atoms with Crippen molar-refractivity contribution < 1.29 is 4.39 Å². The molecule has 1 nitrogen and oxygen atoms in total. The minimum atomic E-state index is -0.245. The van der Waals surface area contributed by atoms with Gasteiger partial charge in [-0.15, -0.1) is 0 Å². The van der Waals surface area contributed by atoms with Gasteiger partial charge in [-0.1, -0.05) is 35.4 Å². The van der Waals surface area contributed by atoms with Gasteiger partial charge in [-0.25, -0.2) is 4.39 Å². The molecule has 0 bridgehead atoms. The summed E-state index contributed by atoms with van der Waals surface area (Å²) in [6, 6.07) is 10.8. The van der Waals surface area contributed by atoms with E-state index in [2.05, 4.69) is 32.0 Å². The molecule has 0 aliphatic rings. The second kappa shape index (κ2) is 6.38. The fourth-order valence-corrected chi connectivity index (χ4v) is 2.55. The third-order valence-corrected chi connectivity index (χ3v) is 3.71. The highest BCUT2D eigenvalue weighted by Gasteiger charge is 2.11. The summed E-state index contributed by atoms with van der Waals surface area (Å²) < 4.78 is 13.7. The molecule has 3 heteroatoms. The van der Waals surface area contributed by atoms with Crippen LogP contribution in [0.15, 0.2) is 36.4 Å². The van der Waals surface area contributed by atoms with Crippen molar-refractivity contribution in [2.75, 3.05) is 0 Å². The van der Waals surface area contributed by atoms with Crippen molar-refractivity contribution >= 4 is 11.6 Å². The second-order valence-corrected chi connectivity index (χ2v) is 5.77. The van der Waals surface area contributed by atoms with Crippen LogP contribution < -0.4 is 5.73 Å². The highest BCUT2D eigenvalue weighted by molar-refractivity contribution is 6.30. The third-order valence-electron chi connectivity index (χ3n) is 3.48. The van der Waals surface area contributed by atoms with Crippen LogP contribution in [0, 0.1) is 19.7 Å². The number of benzene rings is 2. The van der Waals surface area contributed by atoms with Gasteiger partial charge in [-0.3, -0.25) is 0 Å². The van der Waals surface area contributed by atoms with Crippen LogP contribution in [-0.2, 0) is 12.8 Å². The molecule has 0 heterocycles. The summed E-state index contributed by atoms with van der Waals surface area (Å²) >= 11 is 5.90. The van der Waals surface area contributed by atoms with Crippen LogP contribution in [-0.4, -0.2) is 6.04 Å². The molecule has 1 unspecified atom stereocenters. The minimum absolute atomic E-state index is 0.122. The first-order valence-electron chi connectivity index (χ1n) is 6.71. The molecule has 106 valence electrons. The molecule has 1 atom stereocenters. The van der Waals surface area contributed by atoms with E-state index in [1.54, 1.807) is 12.1 Å². The molecule has 0 spiro atoms. The Bertz CT molecular complexity index is 556. The van der Waals surface area contributed by atoms with E-state index >= 15 is 0 Å². The maximum atomic E-state index is 13.7. The molecule has 0 saturated carbocycles. The first-order valence-corrected chi connectivity index (χ1v) is 7.09. The van der Waals surface area contributed by atoms with Gasteiger partial charge >= 0.3 is 0 Å². The topological polar surface area (TPSA) is 26.0 Å². The first kappa shape index (κ1) is 15.0. The van der Waals surface area contributed by atoms with Crippen molar-refractivity contribution in [2.45, 2.75) is 32.7 Å². The van der Waals surface area contributed by atoms with Crippen molar-refractivity contribution in [3.8, 4) is 0 Å². The van der Waals surface area contributed by atoms with E-state index in [0.29, 0.717) is 17.0 Å². The number of hydrogen-bond acceptors (Lipinski definition) is 1. The monoisotopic (exact) mass is 291 g/mol. The van der Waals surface area contributed by atoms with Gasteiger partial charge in [0.15, 0.2) is 0 Å². The fourth-order valence-electron chi connectivity index (χ4n) is 2.36. The van der Waals surface area contributed by atoms with E-state index < -0.39 is 0 Å². The number of halogens is 2. The Morgan fingerprint density at radius 2 is 1.75 bits per heavy atom. The molecular formula is C17H19ClFN. The van der Waals surface area contributed by atoms with E-state index in [0.717, 1.165) is 6.42 Å². The largest absolute Gasteiger partial charge is 0.327 e. The average Bonchev–Trinajstić information content (AvgIpc) is 2.38. The van der Waals surface area contributed by atoms with Gasteiger partial charge in [-0.2, -0.15) is 0 Å². The number of aryl methyl sites for hydroxylation is 2. The summed E-state index contributed by atoms with van der Waals surface area (Å²) in [6.07, 6.45) is 1.22. The Labute approximate surface area is 124 Å². The van der Waals surface area contributed by atoms with Crippen LogP contribution in [0.4, 0.5) is 4.39 Å². The molecule has 0 aliphatic carbocycles. The Kier molecular flexibility index (Phi) is 4.79. The lowest BCUT2D eigenvalue weighted by atomic mass is 9.95. The van der Waals surface area contributed by atoms with Gasteiger partial charge < -0.3 is 5.73 Å². The Hall–Kier alpha value is -1.38. The van der Waals surface area contributed by atoms with Crippen LogP contribution in [0.25, 0.3) is 0 Å². The molecular weight excluding hydrogens is 273 g/mol. The van der Waals surface area contributed by atoms with Crippen molar-refractivity contribution in [1.82, 2.24) is 0 Å². The normalized spacial score (nSPS) is 12.4. The highest BCUT2D eigenvalue weighted by Crippen LogP contribution is 2.18. The van der Waals surface area contributed by atoms with Crippen molar-refractivity contribution in [1.29, 1.82) is 0 Å². The van der Waals surface area contributed by atoms with Gasteiger partial charge in [0.2, 0.25) is 0 Å². The third kappa shape index (κ3) is 3.81. The van der Waals surface area contributed by atoms with Crippen molar-refractivity contribution in [3.63, 3.8) is 0 Å². The van der Waals surface area contributed by atoms with Crippen molar-refractivity contribution in [2.24, 2.45) is 5.73 Å². The van der Waals surface area contributed by atoms with E-state index in [-0.39, 0.29) is 11.9 Å². The molecule has 0 fully saturated rings.